The predicted octanol–water partition coefficient (Wildman–Crippen LogP) is 4.12. The van der Waals surface area contributed by atoms with Crippen LogP contribution in [0.25, 0.3) is 0 Å². The van der Waals surface area contributed by atoms with Gasteiger partial charge in [0.25, 0.3) is 0 Å². The quantitative estimate of drug-likeness (QED) is 0.485. The fourth-order valence-electron chi connectivity index (χ4n) is 1.51. The molecule has 0 radical (unpaired) electrons. The molecule has 0 amide bonds. The van der Waals surface area contributed by atoms with E-state index in [9.17, 15) is 0 Å². The van der Waals surface area contributed by atoms with Crippen molar-refractivity contribution in [3.63, 3.8) is 0 Å². The molecule has 1 rings (SSSR count). The van der Waals surface area contributed by atoms with E-state index in [0.29, 0.717) is 0 Å². The Morgan fingerprint density at radius 1 is 0.778 bits per heavy atom. The second-order valence-electron chi connectivity index (χ2n) is 4.44. The summed E-state index contributed by atoms with van der Waals surface area (Å²) < 4.78 is 0. The molecule has 2 heteroatoms. The Labute approximate surface area is 111 Å². The van der Waals surface area contributed by atoms with Crippen molar-refractivity contribution >= 4 is 12.4 Å². The standard InChI is InChI=1S/C16H24N2/c1-3-5-11-17-13-15-7-9-16(10-8-15)14-18-12-6-4-2/h7-10,13-14H,3-6,11-12H2,1-2H3/b17-13+,18-14+. The predicted molar refractivity (Wildman–Crippen MR) is 81.2 cm³/mol. The Balaban J connectivity index is 2.42. The molecule has 0 aliphatic rings. The molecule has 0 saturated heterocycles. The third-order valence-corrected chi connectivity index (χ3v) is 2.70. The minimum atomic E-state index is 0.927. The third kappa shape index (κ3) is 6.33. The van der Waals surface area contributed by atoms with Gasteiger partial charge in [0.05, 0.1) is 0 Å². The molecule has 0 fully saturated rings. The van der Waals surface area contributed by atoms with Crippen LogP contribution in [-0.4, -0.2) is 25.5 Å². The van der Waals surface area contributed by atoms with Crippen molar-refractivity contribution in [2.24, 2.45) is 9.98 Å². The van der Waals surface area contributed by atoms with E-state index in [1.165, 1.54) is 25.7 Å². The van der Waals surface area contributed by atoms with Crippen LogP contribution in [0.1, 0.15) is 50.7 Å². The zero-order valence-corrected chi connectivity index (χ0v) is 11.6. The molecule has 0 bridgehead atoms. The summed E-state index contributed by atoms with van der Waals surface area (Å²) in [4.78, 5) is 8.78. The average molecular weight is 244 g/mol. The van der Waals surface area contributed by atoms with Crippen molar-refractivity contribution in [3.8, 4) is 0 Å². The van der Waals surface area contributed by atoms with Gasteiger partial charge in [0.15, 0.2) is 0 Å². The molecule has 0 N–H and O–H groups in total. The fourth-order valence-corrected chi connectivity index (χ4v) is 1.51. The highest BCUT2D eigenvalue weighted by molar-refractivity contribution is 5.84. The van der Waals surface area contributed by atoms with Gasteiger partial charge in [-0.1, -0.05) is 51.0 Å². The molecule has 0 aliphatic carbocycles. The van der Waals surface area contributed by atoms with Crippen molar-refractivity contribution in [1.82, 2.24) is 0 Å². The number of benzene rings is 1. The Morgan fingerprint density at radius 3 is 1.50 bits per heavy atom. The van der Waals surface area contributed by atoms with Gasteiger partial charge in [0.1, 0.15) is 0 Å². The van der Waals surface area contributed by atoms with E-state index in [2.05, 4.69) is 48.1 Å². The second-order valence-corrected chi connectivity index (χ2v) is 4.44. The van der Waals surface area contributed by atoms with Crippen molar-refractivity contribution in [1.29, 1.82) is 0 Å². The number of unbranched alkanes of at least 4 members (excludes halogenated alkanes) is 2. The zero-order valence-electron chi connectivity index (χ0n) is 11.6. The van der Waals surface area contributed by atoms with Gasteiger partial charge in [0, 0.05) is 25.5 Å². The van der Waals surface area contributed by atoms with Crippen LogP contribution in [0.15, 0.2) is 34.3 Å². The highest BCUT2D eigenvalue weighted by Crippen LogP contribution is 2.01. The zero-order chi connectivity index (χ0) is 13.1. The van der Waals surface area contributed by atoms with Crippen LogP contribution in [0.4, 0.5) is 0 Å². The Morgan fingerprint density at radius 2 is 1.17 bits per heavy atom. The maximum absolute atomic E-state index is 4.39. The first-order valence-electron chi connectivity index (χ1n) is 6.96. The van der Waals surface area contributed by atoms with E-state index in [1.807, 2.05) is 12.4 Å². The summed E-state index contributed by atoms with van der Waals surface area (Å²) in [6.07, 6.45) is 8.63. The first-order chi connectivity index (χ1) is 8.86. The summed E-state index contributed by atoms with van der Waals surface area (Å²) in [6.45, 7) is 6.22. The highest BCUT2D eigenvalue weighted by Gasteiger charge is 1.89. The van der Waals surface area contributed by atoms with Gasteiger partial charge < -0.3 is 0 Å². The molecule has 0 aromatic heterocycles. The number of hydrogen-bond donors (Lipinski definition) is 0. The SMILES string of the molecule is CCCC/N=C/c1ccc(/C=N/CCCC)cc1. The van der Waals surface area contributed by atoms with Gasteiger partial charge in [-0.3, -0.25) is 9.98 Å². The van der Waals surface area contributed by atoms with E-state index in [4.69, 9.17) is 0 Å². The van der Waals surface area contributed by atoms with Crippen LogP contribution < -0.4 is 0 Å². The molecular weight excluding hydrogens is 220 g/mol. The molecule has 18 heavy (non-hydrogen) atoms. The minimum Gasteiger partial charge on any atom is -0.293 e. The van der Waals surface area contributed by atoms with Crippen LogP contribution in [0.2, 0.25) is 0 Å². The molecular formula is C16H24N2. The van der Waals surface area contributed by atoms with Gasteiger partial charge in [-0.05, 0) is 24.0 Å². The van der Waals surface area contributed by atoms with Gasteiger partial charge in [0.2, 0.25) is 0 Å². The molecule has 1 aromatic rings. The lowest BCUT2D eigenvalue weighted by Crippen LogP contribution is -1.87. The normalized spacial score (nSPS) is 11.7. The summed E-state index contributed by atoms with van der Waals surface area (Å²) in [5.74, 6) is 0. The molecule has 0 spiro atoms. The third-order valence-electron chi connectivity index (χ3n) is 2.70. The van der Waals surface area contributed by atoms with Crippen LogP contribution in [0.5, 0.6) is 0 Å². The van der Waals surface area contributed by atoms with Crippen molar-refractivity contribution in [2.75, 3.05) is 13.1 Å². The first-order valence-corrected chi connectivity index (χ1v) is 6.96. The molecule has 0 aliphatic heterocycles. The summed E-state index contributed by atoms with van der Waals surface area (Å²) in [5, 5.41) is 0. The van der Waals surface area contributed by atoms with Gasteiger partial charge in [-0.15, -0.1) is 0 Å². The lowest BCUT2D eigenvalue weighted by atomic mass is 10.1. The van der Waals surface area contributed by atoms with Crippen LogP contribution in [-0.2, 0) is 0 Å². The molecule has 0 heterocycles. The largest absolute Gasteiger partial charge is 0.293 e. The number of nitrogens with zero attached hydrogens (tertiary/aromatic N) is 2. The van der Waals surface area contributed by atoms with E-state index in [0.717, 1.165) is 24.2 Å². The topological polar surface area (TPSA) is 24.7 Å². The maximum atomic E-state index is 4.39. The van der Waals surface area contributed by atoms with Crippen LogP contribution in [0, 0.1) is 0 Å². The minimum absolute atomic E-state index is 0.927. The summed E-state index contributed by atoms with van der Waals surface area (Å²) in [5.41, 5.74) is 2.33. The first kappa shape index (κ1) is 14.6. The van der Waals surface area contributed by atoms with Crippen molar-refractivity contribution in [3.05, 3.63) is 35.4 Å². The van der Waals surface area contributed by atoms with Crippen LogP contribution in [0.3, 0.4) is 0 Å². The summed E-state index contributed by atoms with van der Waals surface area (Å²) >= 11 is 0. The average Bonchev–Trinajstić information content (AvgIpc) is 2.41. The van der Waals surface area contributed by atoms with Crippen molar-refractivity contribution < 1.29 is 0 Å². The smallest absolute Gasteiger partial charge is 0.0389 e. The van der Waals surface area contributed by atoms with Gasteiger partial charge in [-0.25, -0.2) is 0 Å². The van der Waals surface area contributed by atoms with E-state index in [1.54, 1.807) is 0 Å². The lowest BCUT2D eigenvalue weighted by Gasteiger charge is -1.96. The van der Waals surface area contributed by atoms with Crippen molar-refractivity contribution in [2.45, 2.75) is 39.5 Å². The Bertz CT molecular complexity index is 326. The van der Waals surface area contributed by atoms with E-state index < -0.39 is 0 Å². The number of aliphatic imine (C=N–C) groups is 2. The molecule has 2 nitrogen and oxygen atoms in total. The molecule has 0 atom stereocenters. The second kappa shape index (κ2) is 9.58. The van der Waals surface area contributed by atoms with E-state index in [-0.39, 0.29) is 0 Å². The lowest BCUT2D eigenvalue weighted by molar-refractivity contribution is 0.810. The highest BCUT2D eigenvalue weighted by atomic mass is 14.7. The Kier molecular flexibility index (Phi) is 7.78. The number of hydrogen-bond acceptors (Lipinski definition) is 2. The monoisotopic (exact) mass is 244 g/mol. The number of rotatable bonds is 8. The molecule has 0 saturated carbocycles. The van der Waals surface area contributed by atoms with E-state index >= 15 is 0 Å². The molecule has 98 valence electrons. The van der Waals surface area contributed by atoms with Crippen LogP contribution >= 0.6 is 0 Å². The fraction of sp³-hybridized carbons (Fsp3) is 0.500. The van der Waals surface area contributed by atoms with Gasteiger partial charge in [-0.2, -0.15) is 0 Å². The summed E-state index contributed by atoms with van der Waals surface area (Å²) in [6, 6.07) is 8.38. The maximum Gasteiger partial charge on any atom is 0.0389 e. The molecule has 1 aromatic carbocycles. The summed E-state index contributed by atoms with van der Waals surface area (Å²) in [7, 11) is 0. The van der Waals surface area contributed by atoms with Gasteiger partial charge >= 0.3 is 0 Å². The Hall–Kier alpha value is -1.44. The molecule has 0 unspecified atom stereocenters.